The summed E-state index contributed by atoms with van der Waals surface area (Å²) in [5.41, 5.74) is 0. The number of ether oxygens (including phenoxy) is 1. The van der Waals surface area contributed by atoms with E-state index in [2.05, 4.69) is 10.0 Å². The van der Waals surface area contributed by atoms with E-state index in [9.17, 15) is 8.42 Å². The molecule has 6 heteroatoms. The molecule has 1 aliphatic heterocycles. The maximum absolute atomic E-state index is 11.7. The van der Waals surface area contributed by atoms with E-state index >= 15 is 0 Å². The van der Waals surface area contributed by atoms with Crippen molar-refractivity contribution in [3.63, 3.8) is 0 Å². The molecule has 2 aliphatic rings. The van der Waals surface area contributed by atoms with Crippen LogP contribution < -0.4 is 10.0 Å². The summed E-state index contributed by atoms with van der Waals surface area (Å²) in [6.45, 7) is 1.99. The van der Waals surface area contributed by atoms with Crippen LogP contribution in [0.1, 0.15) is 32.1 Å². The van der Waals surface area contributed by atoms with Gasteiger partial charge in [0.25, 0.3) is 0 Å². The predicted molar refractivity (Wildman–Crippen MR) is 66.4 cm³/mol. The highest BCUT2D eigenvalue weighted by atomic mass is 32.2. The highest BCUT2D eigenvalue weighted by Crippen LogP contribution is 2.18. The molecule has 0 aromatic carbocycles. The number of rotatable bonds is 8. The van der Waals surface area contributed by atoms with Crippen molar-refractivity contribution in [1.29, 1.82) is 0 Å². The average molecular weight is 262 g/mol. The molecule has 0 amide bonds. The molecule has 0 radical (unpaired) electrons. The van der Waals surface area contributed by atoms with Crippen LogP contribution in [0.5, 0.6) is 0 Å². The highest BCUT2D eigenvalue weighted by Gasteiger charge is 2.21. The van der Waals surface area contributed by atoms with E-state index < -0.39 is 10.0 Å². The van der Waals surface area contributed by atoms with Gasteiger partial charge in [-0.1, -0.05) is 0 Å². The second kappa shape index (κ2) is 6.13. The van der Waals surface area contributed by atoms with Crippen LogP contribution in [0.25, 0.3) is 0 Å². The number of hydrogen-bond acceptors (Lipinski definition) is 4. The van der Waals surface area contributed by atoms with Gasteiger partial charge < -0.3 is 10.1 Å². The van der Waals surface area contributed by atoms with Crippen molar-refractivity contribution in [2.45, 2.75) is 44.2 Å². The second-order valence-electron chi connectivity index (χ2n) is 4.88. The van der Waals surface area contributed by atoms with Gasteiger partial charge in [0, 0.05) is 19.2 Å². The summed E-state index contributed by atoms with van der Waals surface area (Å²) in [5.74, 6) is 0.208. The first-order valence-electron chi connectivity index (χ1n) is 6.48. The van der Waals surface area contributed by atoms with Crippen LogP contribution in [0.2, 0.25) is 0 Å². The van der Waals surface area contributed by atoms with Crippen LogP contribution in [-0.4, -0.2) is 46.0 Å². The minimum Gasteiger partial charge on any atom is -0.377 e. The lowest BCUT2D eigenvalue weighted by molar-refractivity contribution is 0.114. The summed E-state index contributed by atoms with van der Waals surface area (Å²) < 4.78 is 31.3. The molecule has 1 atom stereocenters. The smallest absolute Gasteiger partial charge is 0.211 e. The van der Waals surface area contributed by atoms with Gasteiger partial charge in [-0.2, -0.15) is 0 Å². The third-order valence-electron chi connectivity index (χ3n) is 3.16. The van der Waals surface area contributed by atoms with Gasteiger partial charge in [0.1, 0.15) is 0 Å². The summed E-state index contributed by atoms with van der Waals surface area (Å²) >= 11 is 0. The Balaban J connectivity index is 1.56. The summed E-state index contributed by atoms with van der Waals surface area (Å²) in [6, 6.07) is 0.651. The van der Waals surface area contributed by atoms with Gasteiger partial charge in [-0.3, -0.25) is 0 Å². The number of nitrogens with one attached hydrogen (secondary N) is 2. The topological polar surface area (TPSA) is 67.4 Å². The highest BCUT2D eigenvalue weighted by molar-refractivity contribution is 7.89. The number of sulfonamides is 1. The van der Waals surface area contributed by atoms with E-state index in [4.69, 9.17) is 4.74 Å². The standard InChI is InChI=1S/C11H22N2O3S/c14-17(15,8-2-6-12-10-4-5-10)13-9-11-3-1-7-16-11/h10-13H,1-9H2. The molecule has 0 aromatic rings. The Hall–Kier alpha value is -0.170. The van der Waals surface area contributed by atoms with Crippen LogP contribution in [-0.2, 0) is 14.8 Å². The third-order valence-corrected chi connectivity index (χ3v) is 4.59. The fourth-order valence-electron chi connectivity index (χ4n) is 1.95. The number of hydrogen-bond donors (Lipinski definition) is 2. The lowest BCUT2D eigenvalue weighted by atomic mass is 10.2. The lowest BCUT2D eigenvalue weighted by Crippen LogP contribution is -2.34. The Morgan fingerprint density at radius 2 is 2.06 bits per heavy atom. The molecule has 1 unspecified atom stereocenters. The van der Waals surface area contributed by atoms with Crippen molar-refractivity contribution in [3.8, 4) is 0 Å². The molecule has 1 saturated carbocycles. The Kier molecular flexibility index (Phi) is 4.78. The van der Waals surface area contributed by atoms with Gasteiger partial charge in [-0.05, 0) is 38.6 Å². The van der Waals surface area contributed by atoms with Crippen molar-refractivity contribution in [1.82, 2.24) is 10.0 Å². The minimum absolute atomic E-state index is 0.0781. The zero-order valence-corrected chi connectivity index (χ0v) is 11.0. The first kappa shape index (κ1) is 13.3. The Labute approximate surface area is 103 Å². The largest absolute Gasteiger partial charge is 0.377 e. The minimum atomic E-state index is -3.12. The van der Waals surface area contributed by atoms with Crippen molar-refractivity contribution in [2.75, 3.05) is 25.4 Å². The summed E-state index contributed by atoms with van der Waals surface area (Å²) in [6.07, 6.45) is 5.24. The fraction of sp³-hybridized carbons (Fsp3) is 1.00. The quantitative estimate of drug-likeness (QED) is 0.614. The maximum atomic E-state index is 11.7. The van der Waals surface area contributed by atoms with Gasteiger partial charge in [-0.15, -0.1) is 0 Å². The first-order chi connectivity index (χ1) is 8.16. The Morgan fingerprint density at radius 1 is 1.24 bits per heavy atom. The van der Waals surface area contributed by atoms with E-state index in [1.54, 1.807) is 0 Å². The van der Waals surface area contributed by atoms with Crippen LogP contribution in [0, 0.1) is 0 Å². The molecule has 0 aromatic heterocycles. The van der Waals surface area contributed by atoms with Crippen LogP contribution in [0.4, 0.5) is 0 Å². The first-order valence-corrected chi connectivity index (χ1v) is 8.13. The average Bonchev–Trinajstić information content (AvgIpc) is 2.96. The van der Waals surface area contributed by atoms with Gasteiger partial charge in [0.2, 0.25) is 10.0 Å². The molecule has 5 nitrogen and oxygen atoms in total. The molecule has 1 saturated heterocycles. The SMILES string of the molecule is O=S(=O)(CCCNC1CC1)NCC1CCCO1. The van der Waals surface area contributed by atoms with Crippen LogP contribution in [0.15, 0.2) is 0 Å². The molecule has 100 valence electrons. The Bertz CT molecular complexity index is 322. The summed E-state index contributed by atoms with van der Waals surface area (Å²) in [4.78, 5) is 0. The van der Waals surface area contributed by atoms with E-state index in [-0.39, 0.29) is 11.9 Å². The third kappa shape index (κ3) is 5.33. The summed E-state index contributed by atoms with van der Waals surface area (Å²) in [5, 5.41) is 3.31. The van der Waals surface area contributed by atoms with Crippen LogP contribution >= 0.6 is 0 Å². The van der Waals surface area contributed by atoms with Crippen molar-refractivity contribution >= 4 is 10.0 Å². The predicted octanol–water partition coefficient (Wildman–Crippen LogP) is 0.227. The molecule has 2 fully saturated rings. The zero-order chi connectivity index (χ0) is 12.1. The molecule has 0 spiro atoms. The van der Waals surface area contributed by atoms with E-state index in [0.717, 1.165) is 26.0 Å². The normalized spacial score (nSPS) is 25.3. The molecule has 1 aliphatic carbocycles. The van der Waals surface area contributed by atoms with Crippen LogP contribution in [0.3, 0.4) is 0 Å². The molecule has 17 heavy (non-hydrogen) atoms. The van der Waals surface area contributed by atoms with Gasteiger partial charge in [0.05, 0.1) is 11.9 Å². The lowest BCUT2D eigenvalue weighted by Gasteiger charge is -2.11. The van der Waals surface area contributed by atoms with Crippen molar-refractivity contribution in [3.05, 3.63) is 0 Å². The monoisotopic (exact) mass is 262 g/mol. The fourth-order valence-corrected chi connectivity index (χ4v) is 3.06. The second-order valence-corrected chi connectivity index (χ2v) is 6.81. The van der Waals surface area contributed by atoms with Crippen molar-refractivity contribution in [2.24, 2.45) is 0 Å². The van der Waals surface area contributed by atoms with Gasteiger partial charge in [0.15, 0.2) is 0 Å². The van der Waals surface area contributed by atoms with Crippen molar-refractivity contribution < 1.29 is 13.2 Å². The van der Waals surface area contributed by atoms with E-state index in [0.29, 0.717) is 19.0 Å². The molecule has 2 N–H and O–H groups in total. The molecule has 0 bridgehead atoms. The molecular weight excluding hydrogens is 240 g/mol. The van der Waals surface area contributed by atoms with E-state index in [1.165, 1.54) is 12.8 Å². The molecular formula is C11H22N2O3S. The van der Waals surface area contributed by atoms with Gasteiger partial charge in [-0.25, -0.2) is 13.1 Å². The molecule has 2 rings (SSSR count). The van der Waals surface area contributed by atoms with E-state index in [1.807, 2.05) is 0 Å². The maximum Gasteiger partial charge on any atom is 0.211 e. The summed E-state index contributed by atoms with van der Waals surface area (Å²) in [7, 11) is -3.12. The molecule has 1 heterocycles. The van der Waals surface area contributed by atoms with Gasteiger partial charge >= 0.3 is 0 Å². The zero-order valence-electron chi connectivity index (χ0n) is 10.2. The Morgan fingerprint density at radius 3 is 2.71 bits per heavy atom.